The summed E-state index contributed by atoms with van der Waals surface area (Å²) in [5.74, 6) is 0.166. The lowest BCUT2D eigenvalue weighted by atomic mass is 9.97. The van der Waals surface area contributed by atoms with E-state index in [2.05, 4.69) is 0 Å². The molecule has 10 heteroatoms. The Bertz CT molecular complexity index is 1110. The van der Waals surface area contributed by atoms with Gasteiger partial charge in [-0.3, -0.25) is 14.9 Å². The summed E-state index contributed by atoms with van der Waals surface area (Å²) in [6.07, 6.45) is 0.405. The van der Waals surface area contributed by atoms with Crippen molar-refractivity contribution >= 4 is 27.3 Å². The zero-order valence-corrected chi connectivity index (χ0v) is 20.7. The predicted molar refractivity (Wildman–Crippen MR) is 131 cm³/mol. The number of sulfonamides is 1. The van der Waals surface area contributed by atoms with E-state index in [0.717, 1.165) is 11.6 Å². The molecule has 0 bridgehead atoms. The number of carbonyl (C=O) groups excluding carboxylic acids is 1. The van der Waals surface area contributed by atoms with Gasteiger partial charge in [0.2, 0.25) is 15.9 Å². The molecule has 34 heavy (non-hydrogen) atoms. The Morgan fingerprint density at radius 1 is 1.06 bits per heavy atom. The van der Waals surface area contributed by atoms with Crippen LogP contribution in [-0.4, -0.2) is 67.7 Å². The molecular formula is C24H32N4O5S. The Morgan fingerprint density at radius 3 is 2.24 bits per heavy atom. The Morgan fingerprint density at radius 2 is 1.68 bits per heavy atom. The number of hydrogen-bond acceptors (Lipinski definition) is 6. The van der Waals surface area contributed by atoms with E-state index in [4.69, 9.17) is 0 Å². The van der Waals surface area contributed by atoms with Crippen LogP contribution in [0.25, 0.3) is 0 Å². The molecule has 3 rings (SSSR count). The first kappa shape index (κ1) is 25.6. The molecule has 0 aromatic heterocycles. The lowest BCUT2D eigenvalue weighted by molar-refractivity contribution is -0.384. The van der Waals surface area contributed by atoms with Crippen molar-refractivity contribution in [1.29, 1.82) is 0 Å². The van der Waals surface area contributed by atoms with E-state index in [1.807, 2.05) is 42.2 Å². The minimum Gasteiger partial charge on any atom is -0.362 e. The molecule has 0 N–H and O–H groups in total. The number of benzene rings is 2. The summed E-state index contributed by atoms with van der Waals surface area (Å²) < 4.78 is 26.9. The third-order valence-corrected chi connectivity index (χ3v) is 8.36. The number of nitro benzene ring substituents is 1. The van der Waals surface area contributed by atoms with Crippen LogP contribution in [0, 0.1) is 10.1 Å². The Labute approximate surface area is 201 Å². The predicted octanol–water partition coefficient (Wildman–Crippen LogP) is 3.47. The van der Waals surface area contributed by atoms with E-state index in [0.29, 0.717) is 38.3 Å². The monoisotopic (exact) mass is 488 g/mol. The summed E-state index contributed by atoms with van der Waals surface area (Å²) in [4.78, 5) is 27.6. The number of piperazine rings is 1. The number of amides is 1. The fraction of sp³-hybridized carbons (Fsp3) is 0.458. The average Bonchev–Trinajstić information content (AvgIpc) is 2.84. The molecule has 1 amide bonds. The molecule has 184 valence electrons. The average molecular weight is 489 g/mol. The largest absolute Gasteiger partial charge is 0.362 e. The zero-order chi connectivity index (χ0) is 24.9. The molecule has 0 saturated carbocycles. The van der Waals surface area contributed by atoms with E-state index in [1.165, 1.54) is 16.4 Å². The van der Waals surface area contributed by atoms with Gasteiger partial charge in [0, 0.05) is 51.8 Å². The van der Waals surface area contributed by atoms with Crippen molar-refractivity contribution in [2.24, 2.45) is 0 Å². The molecular weight excluding hydrogens is 456 g/mol. The quantitative estimate of drug-likeness (QED) is 0.395. The first-order chi connectivity index (χ1) is 16.2. The molecule has 0 spiro atoms. The molecule has 1 atom stereocenters. The molecule has 0 radical (unpaired) electrons. The highest BCUT2D eigenvalue weighted by Crippen LogP contribution is 2.32. The fourth-order valence-electron chi connectivity index (χ4n) is 4.28. The molecule has 1 aliphatic heterocycles. The second kappa shape index (κ2) is 11.0. The Kier molecular flexibility index (Phi) is 8.27. The van der Waals surface area contributed by atoms with E-state index in [-0.39, 0.29) is 35.5 Å². The van der Waals surface area contributed by atoms with Gasteiger partial charge in [0.05, 0.1) is 9.82 Å². The topological polar surface area (TPSA) is 104 Å². The van der Waals surface area contributed by atoms with Gasteiger partial charge < -0.3 is 9.80 Å². The van der Waals surface area contributed by atoms with Crippen LogP contribution in [0.3, 0.4) is 0 Å². The molecule has 1 unspecified atom stereocenters. The van der Waals surface area contributed by atoms with Crippen molar-refractivity contribution in [2.75, 3.05) is 44.2 Å². The number of nitrogens with zero attached hydrogens (tertiary/aromatic N) is 4. The van der Waals surface area contributed by atoms with E-state index in [1.54, 1.807) is 18.7 Å². The van der Waals surface area contributed by atoms with Gasteiger partial charge in [-0.2, -0.15) is 4.31 Å². The van der Waals surface area contributed by atoms with Gasteiger partial charge in [-0.05, 0) is 23.6 Å². The summed E-state index contributed by atoms with van der Waals surface area (Å²) in [5.41, 5.74) is 1.24. The molecule has 1 fully saturated rings. The molecule has 9 nitrogen and oxygen atoms in total. The van der Waals surface area contributed by atoms with Gasteiger partial charge in [0.15, 0.2) is 0 Å². The highest BCUT2D eigenvalue weighted by Gasteiger charge is 2.30. The van der Waals surface area contributed by atoms with Crippen LogP contribution in [0.4, 0.5) is 11.4 Å². The van der Waals surface area contributed by atoms with Gasteiger partial charge in [0.25, 0.3) is 5.69 Å². The van der Waals surface area contributed by atoms with Crippen LogP contribution < -0.4 is 4.90 Å². The number of nitro groups is 1. The van der Waals surface area contributed by atoms with Gasteiger partial charge in [-0.1, -0.05) is 51.1 Å². The first-order valence-corrected chi connectivity index (χ1v) is 13.0. The third kappa shape index (κ3) is 5.56. The van der Waals surface area contributed by atoms with Crippen molar-refractivity contribution in [3.63, 3.8) is 0 Å². The van der Waals surface area contributed by atoms with E-state index in [9.17, 15) is 23.3 Å². The van der Waals surface area contributed by atoms with Gasteiger partial charge in [-0.15, -0.1) is 0 Å². The van der Waals surface area contributed by atoms with E-state index >= 15 is 0 Å². The van der Waals surface area contributed by atoms with Gasteiger partial charge in [0.1, 0.15) is 5.69 Å². The number of carbonyl (C=O) groups is 1. The van der Waals surface area contributed by atoms with Crippen molar-refractivity contribution < 1.29 is 18.1 Å². The summed E-state index contributed by atoms with van der Waals surface area (Å²) in [5, 5.41) is 11.8. The highest BCUT2D eigenvalue weighted by atomic mass is 32.2. The maximum atomic E-state index is 12.8. The summed E-state index contributed by atoms with van der Waals surface area (Å²) in [6.45, 7) is 7.84. The van der Waals surface area contributed by atoms with Crippen molar-refractivity contribution in [1.82, 2.24) is 9.21 Å². The van der Waals surface area contributed by atoms with Crippen LogP contribution >= 0.6 is 0 Å². The summed E-state index contributed by atoms with van der Waals surface area (Å²) in [7, 11) is -3.80. The zero-order valence-electron chi connectivity index (χ0n) is 19.9. The van der Waals surface area contributed by atoms with Crippen molar-refractivity contribution in [2.45, 2.75) is 38.0 Å². The van der Waals surface area contributed by atoms with Crippen molar-refractivity contribution in [3.8, 4) is 0 Å². The van der Waals surface area contributed by atoms with Gasteiger partial charge in [-0.25, -0.2) is 8.42 Å². The van der Waals surface area contributed by atoms with Crippen molar-refractivity contribution in [3.05, 3.63) is 64.2 Å². The normalized spacial score (nSPS) is 15.4. The fourth-order valence-corrected chi connectivity index (χ4v) is 5.76. The Hall–Kier alpha value is -2.98. The van der Waals surface area contributed by atoms with Crippen LogP contribution in [0.1, 0.15) is 38.7 Å². The lowest BCUT2D eigenvalue weighted by Gasteiger charge is -2.36. The molecule has 1 heterocycles. The number of anilines is 1. The van der Waals surface area contributed by atoms with Gasteiger partial charge >= 0.3 is 0 Å². The second-order valence-corrected chi connectivity index (χ2v) is 10.3. The molecule has 1 saturated heterocycles. The second-order valence-electron chi connectivity index (χ2n) is 8.38. The van der Waals surface area contributed by atoms with Crippen LogP contribution in [-0.2, 0) is 14.8 Å². The maximum Gasteiger partial charge on any atom is 0.293 e. The Balaban J connectivity index is 1.71. The van der Waals surface area contributed by atoms with Crippen LogP contribution in [0.2, 0.25) is 0 Å². The van der Waals surface area contributed by atoms with Crippen LogP contribution in [0.5, 0.6) is 0 Å². The third-order valence-electron chi connectivity index (χ3n) is 6.31. The van der Waals surface area contributed by atoms with Crippen LogP contribution in [0.15, 0.2) is 53.4 Å². The molecule has 0 aliphatic carbocycles. The first-order valence-electron chi connectivity index (χ1n) is 11.5. The minimum atomic E-state index is -3.80. The number of hydrogen-bond donors (Lipinski definition) is 0. The summed E-state index contributed by atoms with van der Waals surface area (Å²) in [6, 6.07) is 14.0. The standard InChI is InChI=1S/C24H32N4O5S/c1-4-27(5-2)34(32,33)21-11-12-22(23(18-21)28(30)31)25-13-15-26(16-14-25)24(29)17-19(3)20-9-7-6-8-10-20/h6-12,18-19H,4-5,13-17H2,1-3H3. The minimum absolute atomic E-state index is 0.0613. The maximum absolute atomic E-state index is 12.8. The number of rotatable bonds is 9. The SMILES string of the molecule is CCN(CC)S(=O)(=O)c1ccc(N2CCN(C(=O)CC(C)c3ccccc3)CC2)c([N+](=O)[O-])c1. The molecule has 2 aromatic carbocycles. The highest BCUT2D eigenvalue weighted by molar-refractivity contribution is 7.89. The smallest absolute Gasteiger partial charge is 0.293 e. The summed E-state index contributed by atoms with van der Waals surface area (Å²) >= 11 is 0. The molecule has 2 aromatic rings. The molecule has 1 aliphatic rings. The van der Waals surface area contributed by atoms with E-state index < -0.39 is 14.9 Å². The lowest BCUT2D eigenvalue weighted by Crippen LogP contribution is -2.49.